The van der Waals surface area contributed by atoms with Gasteiger partial charge in [-0.25, -0.2) is 0 Å². The molecule has 0 aliphatic carbocycles. The highest BCUT2D eigenvalue weighted by Gasteiger charge is 2.37. The summed E-state index contributed by atoms with van der Waals surface area (Å²) in [6, 6.07) is 7.64. The van der Waals surface area contributed by atoms with Gasteiger partial charge in [-0.05, 0) is 31.7 Å². The maximum Gasteiger partial charge on any atom is 0.402 e. The molecule has 0 nitrogen and oxygen atoms in total. The van der Waals surface area contributed by atoms with E-state index in [-0.39, 0.29) is 6.42 Å². The standard InChI is InChI=1S/C19H25F3/c1-3-4-5-6-7-8-9-18(19(20,21)22)15-14-17-12-10-16(2)11-13-17/h10-13,18H,3-7,14-15H2,1-2H3. The quantitative estimate of drug-likeness (QED) is 0.423. The van der Waals surface area contributed by atoms with Crippen molar-refractivity contribution >= 4 is 0 Å². The number of benzene rings is 1. The van der Waals surface area contributed by atoms with E-state index in [9.17, 15) is 13.2 Å². The Morgan fingerprint density at radius 2 is 1.73 bits per heavy atom. The predicted molar refractivity (Wildman–Crippen MR) is 85.6 cm³/mol. The average Bonchev–Trinajstić information content (AvgIpc) is 2.46. The van der Waals surface area contributed by atoms with Crippen LogP contribution in [0.3, 0.4) is 0 Å². The summed E-state index contributed by atoms with van der Waals surface area (Å²) in [7, 11) is 0. The van der Waals surface area contributed by atoms with Crippen molar-refractivity contribution < 1.29 is 13.2 Å². The van der Waals surface area contributed by atoms with Crippen molar-refractivity contribution in [1.82, 2.24) is 0 Å². The molecule has 1 rings (SSSR count). The summed E-state index contributed by atoms with van der Waals surface area (Å²) in [5.74, 6) is 3.66. The summed E-state index contributed by atoms with van der Waals surface area (Å²) < 4.78 is 39.0. The van der Waals surface area contributed by atoms with E-state index in [0.29, 0.717) is 12.8 Å². The van der Waals surface area contributed by atoms with Crippen molar-refractivity contribution in [2.45, 2.75) is 65.0 Å². The Morgan fingerprint density at radius 1 is 1.05 bits per heavy atom. The van der Waals surface area contributed by atoms with Crippen molar-refractivity contribution in [3.8, 4) is 11.8 Å². The molecule has 0 heterocycles. The van der Waals surface area contributed by atoms with Gasteiger partial charge in [0.25, 0.3) is 0 Å². The molecular formula is C19H25F3. The fraction of sp³-hybridized carbons (Fsp3) is 0.579. The van der Waals surface area contributed by atoms with Gasteiger partial charge in [-0.2, -0.15) is 13.2 Å². The van der Waals surface area contributed by atoms with Crippen LogP contribution >= 0.6 is 0 Å². The zero-order valence-corrected chi connectivity index (χ0v) is 13.5. The molecule has 122 valence electrons. The highest BCUT2D eigenvalue weighted by Crippen LogP contribution is 2.29. The van der Waals surface area contributed by atoms with Gasteiger partial charge in [0, 0.05) is 6.42 Å². The van der Waals surface area contributed by atoms with Gasteiger partial charge >= 0.3 is 6.18 Å². The van der Waals surface area contributed by atoms with Crippen LogP contribution in [-0.2, 0) is 6.42 Å². The maximum atomic E-state index is 13.0. The number of hydrogen-bond donors (Lipinski definition) is 0. The number of halogens is 3. The van der Waals surface area contributed by atoms with Crippen molar-refractivity contribution in [3.63, 3.8) is 0 Å². The van der Waals surface area contributed by atoms with Gasteiger partial charge in [-0.1, -0.05) is 61.9 Å². The monoisotopic (exact) mass is 310 g/mol. The molecule has 0 radical (unpaired) electrons. The van der Waals surface area contributed by atoms with Crippen LogP contribution in [-0.4, -0.2) is 6.18 Å². The molecule has 0 spiro atoms. The summed E-state index contributed by atoms with van der Waals surface area (Å²) in [5.41, 5.74) is 2.05. The van der Waals surface area contributed by atoms with Crippen molar-refractivity contribution in [3.05, 3.63) is 35.4 Å². The van der Waals surface area contributed by atoms with Crippen LogP contribution in [0, 0.1) is 24.7 Å². The molecule has 0 bridgehead atoms. The van der Waals surface area contributed by atoms with Gasteiger partial charge in [0.1, 0.15) is 5.92 Å². The normalized spacial score (nSPS) is 12.6. The first-order chi connectivity index (χ1) is 10.4. The van der Waals surface area contributed by atoms with Crippen LogP contribution < -0.4 is 0 Å². The molecule has 0 saturated heterocycles. The van der Waals surface area contributed by atoms with Crippen LogP contribution in [0.5, 0.6) is 0 Å². The second-order valence-corrected chi connectivity index (χ2v) is 5.75. The molecule has 0 aliphatic rings. The van der Waals surface area contributed by atoms with Gasteiger partial charge < -0.3 is 0 Å². The number of rotatable bonds is 7. The fourth-order valence-electron chi connectivity index (χ4n) is 2.22. The van der Waals surface area contributed by atoms with E-state index in [1.54, 1.807) is 0 Å². The van der Waals surface area contributed by atoms with Crippen molar-refractivity contribution in [2.75, 3.05) is 0 Å². The Hall–Kier alpha value is -1.43. The lowest BCUT2D eigenvalue weighted by Gasteiger charge is -2.14. The SMILES string of the molecule is CCCCCCC#CC(CCc1ccc(C)cc1)C(F)(F)F. The first-order valence-electron chi connectivity index (χ1n) is 8.04. The minimum absolute atomic E-state index is 0.0362. The number of aryl methyl sites for hydroxylation is 2. The molecule has 0 aliphatic heterocycles. The highest BCUT2D eigenvalue weighted by atomic mass is 19.4. The maximum absolute atomic E-state index is 13.0. The van der Waals surface area contributed by atoms with E-state index < -0.39 is 12.1 Å². The lowest BCUT2D eigenvalue weighted by atomic mass is 9.98. The fourth-order valence-corrected chi connectivity index (χ4v) is 2.22. The van der Waals surface area contributed by atoms with Crippen LogP contribution in [0.15, 0.2) is 24.3 Å². The molecule has 1 aromatic carbocycles. The molecule has 0 aromatic heterocycles. The predicted octanol–water partition coefficient (Wildman–Crippen LogP) is 6.08. The Bertz CT molecular complexity index is 474. The molecule has 0 saturated carbocycles. The van der Waals surface area contributed by atoms with Gasteiger partial charge in [-0.3, -0.25) is 0 Å². The second-order valence-electron chi connectivity index (χ2n) is 5.75. The molecule has 22 heavy (non-hydrogen) atoms. The van der Waals surface area contributed by atoms with Crippen molar-refractivity contribution in [2.24, 2.45) is 5.92 Å². The Balaban J connectivity index is 2.51. The van der Waals surface area contributed by atoms with Crippen LogP contribution in [0.1, 0.15) is 56.6 Å². The third-order valence-electron chi connectivity index (χ3n) is 3.67. The molecular weight excluding hydrogens is 285 g/mol. The lowest BCUT2D eigenvalue weighted by molar-refractivity contribution is -0.159. The van der Waals surface area contributed by atoms with E-state index in [1.807, 2.05) is 31.2 Å². The number of unbranched alkanes of at least 4 members (excludes halogenated alkanes) is 4. The van der Waals surface area contributed by atoms with Crippen LogP contribution in [0.2, 0.25) is 0 Å². The second kappa shape index (κ2) is 9.56. The van der Waals surface area contributed by atoms with Gasteiger partial charge in [0.2, 0.25) is 0 Å². The van der Waals surface area contributed by atoms with Gasteiger partial charge in [0.05, 0.1) is 0 Å². The topological polar surface area (TPSA) is 0 Å². The average molecular weight is 310 g/mol. The Kier molecular flexibility index (Phi) is 8.09. The number of hydrogen-bond acceptors (Lipinski definition) is 0. The van der Waals surface area contributed by atoms with E-state index in [4.69, 9.17) is 0 Å². The first-order valence-corrected chi connectivity index (χ1v) is 8.04. The Labute approximate surface area is 132 Å². The largest absolute Gasteiger partial charge is 0.402 e. The zero-order chi connectivity index (χ0) is 16.4. The Morgan fingerprint density at radius 3 is 2.32 bits per heavy atom. The summed E-state index contributed by atoms with van der Waals surface area (Å²) in [5, 5.41) is 0. The zero-order valence-electron chi connectivity index (χ0n) is 13.5. The minimum Gasteiger partial charge on any atom is -0.170 e. The van der Waals surface area contributed by atoms with E-state index >= 15 is 0 Å². The van der Waals surface area contributed by atoms with E-state index in [1.165, 1.54) is 0 Å². The molecule has 3 heteroatoms. The van der Waals surface area contributed by atoms with Crippen molar-refractivity contribution in [1.29, 1.82) is 0 Å². The minimum atomic E-state index is -4.24. The van der Waals surface area contributed by atoms with Gasteiger partial charge in [0.15, 0.2) is 0 Å². The summed E-state index contributed by atoms with van der Waals surface area (Å²) in [4.78, 5) is 0. The molecule has 0 N–H and O–H groups in total. The molecule has 0 amide bonds. The molecule has 0 fully saturated rings. The number of alkyl halides is 3. The summed E-state index contributed by atoms with van der Waals surface area (Å²) >= 11 is 0. The smallest absolute Gasteiger partial charge is 0.170 e. The summed E-state index contributed by atoms with van der Waals surface area (Å²) in [6.45, 7) is 4.07. The molecule has 1 unspecified atom stereocenters. The van der Waals surface area contributed by atoms with Crippen LogP contribution in [0.4, 0.5) is 13.2 Å². The lowest BCUT2D eigenvalue weighted by Crippen LogP contribution is -2.22. The van der Waals surface area contributed by atoms with Gasteiger partial charge in [-0.15, -0.1) is 5.92 Å². The third-order valence-corrected chi connectivity index (χ3v) is 3.67. The van der Waals surface area contributed by atoms with E-state index in [0.717, 1.165) is 36.8 Å². The molecule has 1 aromatic rings. The van der Waals surface area contributed by atoms with Crippen LogP contribution in [0.25, 0.3) is 0 Å². The third kappa shape index (κ3) is 7.54. The highest BCUT2D eigenvalue weighted by molar-refractivity contribution is 5.21. The first kappa shape index (κ1) is 18.6. The van der Waals surface area contributed by atoms with E-state index in [2.05, 4.69) is 18.8 Å². The summed E-state index contributed by atoms with van der Waals surface area (Å²) in [6.07, 6.45) is 0.962. The molecule has 1 atom stereocenters.